The molecule has 0 fully saturated rings. The van der Waals surface area contributed by atoms with Gasteiger partial charge in [0.25, 0.3) is 5.91 Å². The highest BCUT2D eigenvalue weighted by molar-refractivity contribution is 7.92. The molecule has 2 aromatic carbocycles. The number of halogens is 1. The molecule has 172 valence electrons. The molecule has 0 bridgehead atoms. The fraction of sp³-hybridized carbons (Fsp3) is 0.273. The number of anilines is 1. The lowest BCUT2D eigenvalue weighted by Gasteiger charge is -2.23. The Morgan fingerprint density at radius 2 is 2.00 bits per heavy atom. The molecule has 0 saturated heterocycles. The maximum Gasteiger partial charge on any atom is 0.260 e. The fourth-order valence-electron chi connectivity index (χ4n) is 2.73. The van der Waals surface area contributed by atoms with Gasteiger partial charge in [-0.25, -0.2) is 13.8 Å². The Bertz CT molecular complexity index is 1100. The normalized spacial score (nSPS) is 11.2. The Labute approximate surface area is 193 Å². The minimum absolute atomic E-state index is 0.329. The number of hydrogen-bond donors (Lipinski definition) is 1. The number of ether oxygens (including phenoxy) is 2. The van der Waals surface area contributed by atoms with Crippen LogP contribution in [0.15, 0.2) is 54.2 Å². The molecule has 0 spiro atoms. The van der Waals surface area contributed by atoms with E-state index in [4.69, 9.17) is 21.1 Å². The van der Waals surface area contributed by atoms with Gasteiger partial charge in [0, 0.05) is 5.02 Å². The molecule has 1 amide bonds. The molecule has 0 aliphatic carbocycles. The van der Waals surface area contributed by atoms with Crippen LogP contribution in [0.5, 0.6) is 11.5 Å². The molecule has 0 aromatic heterocycles. The van der Waals surface area contributed by atoms with E-state index in [1.165, 1.54) is 6.21 Å². The van der Waals surface area contributed by atoms with E-state index >= 15 is 0 Å². The molecule has 0 saturated carbocycles. The Balaban J connectivity index is 2.12. The van der Waals surface area contributed by atoms with Gasteiger partial charge in [0.05, 0.1) is 24.8 Å². The third-order valence-corrected chi connectivity index (χ3v) is 5.76. The van der Waals surface area contributed by atoms with Crippen molar-refractivity contribution in [3.8, 4) is 11.5 Å². The van der Waals surface area contributed by atoms with Gasteiger partial charge in [-0.05, 0) is 55.3 Å². The summed E-state index contributed by atoms with van der Waals surface area (Å²) in [4.78, 5) is 12.4. The largest absolute Gasteiger partial charge is 0.490 e. The van der Waals surface area contributed by atoms with E-state index in [1.807, 2.05) is 6.92 Å². The summed E-state index contributed by atoms with van der Waals surface area (Å²) in [6, 6.07) is 10.0. The van der Waals surface area contributed by atoms with Crippen molar-refractivity contribution in [3.63, 3.8) is 0 Å². The van der Waals surface area contributed by atoms with E-state index in [9.17, 15) is 13.2 Å². The van der Waals surface area contributed by atoms with Crippen molar-refractivity contribution in [3.05, 3.63) is 65.2 Å². The Hall–Kier alpha value is -3.04. The predicted molar refractivity (Wildman–Crippen MR) is 127 cm³/mol. The number of amides is 1. The minimum atomic E-state index is -3.73. The van der Waals surface area contributed by atoms with Crippen LogP contribution in [0.2, 0.25) is 5.02 Å². The predicted octanol–water partition coefficient (Wildman–Crippen LogP) is 3.53. The number of nitrogens with one attached hydrogen (secondary N) is 1. The average molecular weight is 480 g/mol. The second-order valence-electron chi connectivity index (χ2n) is 6.69. The quantitative estimate of drug-likeness (QED) is 0.302. The van der Waals surface area contributed by atoms with Gasteiger partial charge in [-0.2, -0.15) is 5.10 Å². The lowest BCUT2D eigenvalue weighted by molar-refractivity contribution is -0.119. The molecular formula is C22H26ClN3O5S. The zero-order chi connectivity index (χ0) is 23.7. The highest BCUT2D eigenvalue weighted by Crippen LogP contribution is 2.29. The van der Waals surface area contributed by atoms with Gasteiger partial charge < -0.3 is 9.47 Å². The van der Waals surface area contributed by atoms with E-state index in [2.05, 4.69) is 17.1 Å². The molecule has 0 unspecified atom stereocenters. The average Bonchev–Trinajstić information content (AvgIpc) is 2.73. The zero-order valence-corrected chi connectivity index (χ0v) is 19.7. The molecule has 8 nitrogen and oxygen atoms in total. The molecule has 10 heteroatoms. The number of carbonyl (C=O) groups is 1. The summed E-state index contributed by atoms with van der Waals surface area (Å²) in [5, 5.41) is 4.32. The first-order chi connectivity index (χ1) is 15.2. The lowest BCUT2D eigenvalue weighted by Crippen LogP contribution is -2.39. The molecule has 0 atom stereocenters. The van der Waals surface area contributed by atoms with Crippen molar-refractivity contribution in [1.29, 1.82) is 0 Å². The monoisotopic (exact) mass is 479 g/mol. The Morgan fingerprint density at radius 3 is 2.66 bits per heavy atom. The first kappa shape index (κ1) is 25.2. The van der Waals surface area contributed by atoms with Gasteiger partial charge in [0.15, 0.2) is 11.5 Å². The molecule has 32 heavy (non-hydrogen) atoms. The summed E-state index contributed by atoms with van der Waals surface area (Å²) >= 11 is 6.10. The molecule has 2 aromatic rings. The SMILES string of the molecule is C=CCOc1ccc(/C=N/NC(=O)CN(c2cccc(Cl)c2C)S(C)(=O)=O)cc1OCC. The van der Waals surface area contributed by atoms with E-state index in [0.29, 0.717) is 46.5 Å². The molecule has 1 N–H and O–H groups in total. The van der Waals surface area contributed by atoms with Crippen LogP contribution in [-0.4, -0.2) is 46.6 Å². The van der Waals surface area contributed by atoms with Crippen molar-refractivity contribution in [2.75, 3.05) is 30.3 Å². The van der Waals surface area contributed by atoms with Crippen LogP contribution in [0.4, 0.5) is 5.69 Å². The Morgan fingerprint density at radius 1 is 1.25 bits per heavy atom. The van der Waals surface area contributed by atoms with Gasteiger partial charge in [-0.3, -0.25) is 9.10 Å². The maximum atomic E-state index is 12.4. The second kappa shape index (κ2) is 11.5. The van der Waals surface area contributed by atoms with E-state index in [0.717, 1.165) is 10.6 Å². The third-order valence-electron chi connectivity index (χ3n) is 4.22. The molecule has 0 radical (unpaired) electrons. The third kappa shape index (κ3) is 7.00. The van der Waals surface area contributed by atoms with Crippen LogP contribution in [-0.2, 0) is 14.8 Å². The molecule has 2 rings (SSSR count). The first-order valence-electron chi connectivity index (χ1n) is 9.72. The number of benzene rings is 2. The number of sulfonamides is 1. The van der Waals surface area contributed by atoms with Gasteiger partial charge in [0.2, 0.25) is 10.0 Å². The number of carbonyl (C=O) groups excluding carboxylic acids is 1. The number of hydrazone groups is 1. The maximum absolute atomic E-state index is 12.4. The van der Waals surface area contributed by atoms with Crippen molar-refractivity contribution in [2.45, 2.75) is 13.8 Å². The van der Waals surface area contributed by atoms with Crippen LogP contribution in [0, 0.1) is 6.92 Å². The van der Waals surface area contributed by atoms with Crippen LogP contribution in [0.1, 0.15) is 18.1 Å². The lowest BCUT2D eigenvalue weighted by atomic mass is 10.2. The number of rotatable bonds is 11. The number of nitrogens with zero attached hydrogens (tertiary/aromatic N) is 2. The smallest absolute Gasteiger partial charge is 0.260 e. The highest BCUT2D eigenvalue weighted by Gasteiger charge is 2.23. The van der Waals surface area contributed by atoms with Gasteiger partial charge in [-0.1, -0.05) is 30.3 Å². The molecule has 0 heterocycles. The number of hydrogen-bond acceptors (Lipinski definition) is 6. The highest BCUT2D eigenvalue weighted by atomic mass is 35.5. The standard InChI is InChI=1S/C22H26ClN3O5S/c1-5-12-31-20-11-10-17(13-21(20)30-6-2)14-24-25-22(27)15-26(32(4,28)29)19-9-7-8-18(23)16(19)3/h5,7-11,13-14H,1,6,12,15H2,2-4H3,(H,25,27)/b24-14+. The van der Waals surface area contributed by atoms with E-state index < -0.39 is 22.5 Å². The van der Waals surface area contributed by atoms with Gasteiger partial charge in [0.1, 0.15) is 13.2 Å². The van der Waals surface area contributed by atoms with Crippen molar-refractivity contribution in [2.24, 2.45) is 5.10 Å². The summed E-state index contributed by atoms with van der Waals surface area (Å²) in [5.41, 5.74) is 3.88. The van der Waals surface area contributed by atoms with Gasteiger partial charge >= 0.3 is 0 Å². The molecular weight excluding hydrogens is 454 g/mol. The van der Waals surface area contributed by atoms with E-state index in [1.54, 1.807) is 49.4 Å². The van der Waals surface area contributed by atoms with Crippen LogP contribution in [0.3, 0.4) is 0 Å². The van der Waals surface area contributed by atoms with Crippen molar-refractivity contribution >= 4 is 39.4 Å². The summed E-state index contributed by atoms with van der Waals surface area (Å²) in [6.07, 6.45) is 4.08. The first-order valence-corrected chi connectivity index (χ1v) is 11.9. The minimum Gasteiger partial charge on any atom is -0.490 e. The fourth-order valence-corrected chi connectivity index (χ4v) is 3.81. The second-order valence-corrected chi connectivity index (χ2v) is 9.00. The van der Waals surface area contributed by atoms with Gasteiger partial charge in [-0.15, -0.1) is 0 Å². The van der Waals surface area contributed by atoms with E-state index in [-0.39, 0.29) is 0 Å². The summed E-state index contributed by atoms with van der Waals surface area (Å²) in [5.74, 6) is 0.486. The van der Waals surface area contributed by atoms with Crippen LogP contribution < -0.4 is 19.2 Å². The van der Waals surface area contributed by atoms with Crippen LogP contribution >= 0.6 is 11.6 Å². The summed E-state index contributed by atoms with van der Waals surface area (Å²) in [6.45, 7) is 7.50. The van der Waals surface area contributed by atoms with Crippen molar-refractivity contribution in [1.82, 2.24) is 5.43 Å². The molecule has 0 aliphatic rings. The summed E-state index contributed by atoms with van der Waals surface area (Å²) in [7, 11) is -3.73. The van der Waals surface area contributed by atoms with Crippen LogP contribution in [0.25, 0.3) is 0 Å². The topological polar surface area (TPSA) is 97.3 Å². The van der Waals surface area contributed by atoms with Crippen molar-refractivity contribution < 1.29 is 22.7 Å². The molecule has 0 aliphatic heterocycles. The summed E-state index contributed by atoms with van der Waals surface area (Å²) < 4.78 is 36.6. The Kier molecular flexibility index (Phi) is 9.10. The zero-order valence-electron chi connectivity index (χ0n) is 18.2.